The highest BCUT2D eigenvalue weighted by atomic mass is 16.5. The van der Waals surface area contributed by atoms with Crippen molar-refractivity contribution in [2.45, 2.75) is 19.5 Å². The van der Waals surface area contributed by atoms with E-state index in [1.165, 1.54) is 5.52 Å². The minimum Gasteiger partial charge on any atom is -0.496 e. The second kappa shape index (κ2) is 8.89. The summed E-state index contributed by atoms with van der Waals surface area (Å²) in [5.74, 6) is 1.66. The second-order valence-electron chi connectivity index (χ2n) is 5.94. The lowest BCUT2D eigenvalue weighted by atomic mass is 10.2. The van der Waals surface area contributed by atoms with Crippen LogP contribution < -0.4 is 15.4 Å². The minimum atomic E-state index is 0.663. The van der Waals surface area contributed by atoms with E-state index in [0.29, 0.717) is 6.54 Å². The molecule has 0 bridgehead atoms. The van der Waals surface area contributed by atoms with Crippen molar-refractivity contribution in [3.8, 4) is 5.75 Å². The molecule has 26 heavy (non-hydrogen) atoms. The lowest BCUT2D eigenvalue weighted by Gasteiger charge is -2.14. The molecule has 3 rings (SSSR count). The van der Waals surface area contributed by atoms with Gasteiger partial charge in [-0.3, -0.25) is 4.99 Å². The number of hydrogen-bond acceptors (Lipinski definition) is 3. The maximum absolute atomic E-state index is 5.38. The van der Waals surface area contributed by atoms with Crippen molar-refractivity contribution in [1.29, 1.82) is 0 Å². The van der Waals surface area contributed by atoms with E-state index in [-0.39, 0.29) is 0 Å². The zero-order valence-corrected chi connectivity index (χ0v) is 15.3. The van der Waals surface area contributed by atoms with E-state index in [1.807, 2.05) is 48.8 Å². The van der Waals surface area contributed by atoms with Crippen molar-refractivity contribution < 1.29 is 4.74 Å². The summed E-state index contributed by atoms with van der Waals surface area (Å²) in [7, 11) is 3.46. The molecule has 0 aliphatic heterocycles. The van der Waals surface area contributed by atoms with E-state index in [4.69, 9.17) is 4.74 Å². The van der Waals surface area contributed by atoms with Gasteiger partial charge in [0.15, 0.2) is 5.96 Å². The lowest BCUT2D eigenvalue weighted by Crippen LogP contribution is -2.37. The number of imidazole rings is 1. The SMILES string of the molecule is CN=C(NCCCn1cnc2ccccc21)NCc1ccccc1OC. The molecule has 0 aliphatic carbocycles. The summed E-state index contributed by atoms with van der Waals surface area (Å²) in [6.45, 7) is 2.41. The van der Waals surface area contributed by atoms with Gasteiger partial charge < -0.3 is 19.9 Å². The predicted molar refractivity (Wildman–Crippen MR) is 106 cm³/mol. The number of fused-ring (bicyclic) bond motifs is 1. The molecule has 1 aromatic heterocycles. The largest absolute Gasteiger partial charge is 0.496 e. The molecule has 0 spiro atoms. The molecule has 0 amide bonds. The van der Waals surface area contributed by atoms with Gasteiger partial charge in [0.05, 0.1) is 24.5 Å². The number of para-hydroxylation sites is 3. The third-order valence-electron chi connectivity index (χ3n) is 4.26. The molecule has 6 nitrogen and oxygen atoms in total. The maximum Gasteiger partial charge on any atom is 0.191 e. The zero-order valence-electron chi connectivity index (χ0n) is 15.3. The maximum atomic E-state index is 5.38. The summed E-state index contributed by atoms with van der Waals surface area (Å²) >= 11 is 0. The first-order valence-electron chi connectivity index (χ1n) is 8.78. The molecule has 1 heterocycles. The Labute approximate surface area is 153 Å². The van der Waals surface area contributed by atoms with Crippen LogP contribution in [0.5, 0.6) is 5.75 Å². The fraction of sp³-hybridized carbons (Fsp3) is 0.300. The van der Waals surface area contributed by atoms with Gasteiger partial charge >= 0.3 is 0 Å². The molecule has 6 heteroatoms. The number of guanidine groups is 1. The van der Waals surface area contributed by atoms with Crippen LogP contribution in [0, 0.1) is 0 Å². The average molecular weight is 351 g/mol. The van der Waals surface area contributed by atoms with E-state index in [9.17, 15) is 0 Å². The standard InChI is InChI=1S/C20H25N5O/c1-21-20(23-14-16-8-3-6-11-19(16)26-2)22-12-7-13-25-15-24-17-9-4-5-10-18(17)25/h3-6,8-11,15H,7,12-14H2,1-2H3,(H2,21,22,23). The van der Waals surface area contributed by atoms with Crippen molar-refractivity contribution in [2.24, 2.45) is 4.99 Å². The van der Waals surface area contributed by atoms with Crippen molar-refractivity contribution in [3.05, 3.63) is 60.4 Å². The van der Waals surface area contributed by atoms with Crippen LogP contribution in [-0.4, -0.2) is 36.2 Å². The Balaban J connectivity index is 1.46. The van der Waals surface area contributed by atoms with Crippen LogP contribution in [0.25, 0.3) is 11.0 Å². The Morgan fingerprint density at radius 1 is 1.12 bits per heavy atom. The summed E-state index contributed by atoms with van der Waals surface area (Å²) in [5, 5.41) is 6.68. The molecule has 3 aromatic rings. The smallest absolute Gasteiger partial charge is 0.191 e. The molecule has 2 aromatic carbocycles. The van der Waals surface area contributed by atoms with Gasteiger partial charge in [-0.1, -0.05) is 30.3 Å². The number of rotatable bonds is 7. The molecule has 136 valence electrons. The zero-order chi connectivity index (χ0) is 18.2. The van der Waals surface area contributed by atoms with E-state index in [0.717, 1.165) is 42.3 Å². The third kappa shape index (κ3) is 4.33. The van der Waals surface area contributed by atoms with Gasteiger partial charge in [0.2, 0.25) is 0 Å². The summed E-state index contributed by atoms with van der Waals surface area (Å²) in [6, 6.07) is 16.2. The number of benzene rings is 2. The number of hydrogen-bond donors (Lipinski definition) is 2. The van der Waals surface area contributed by atoms with Gasteiger partial charge in [-0.05, 0) is 24.6 Å². The molecule has 0 saturated carbocycles. The second-order valence-corrected chi connectivity index (χ2v) is 5.94. The van der Waals surface area contributed by atoms with Gasteiger partial charge in [0.1, 0.15) is 5.75 Å². The monoisotopic (exact) mass is 351 g/mol. The van der Waals surface area contributed by atoms with Crippen molar-refractivity contribution in [2.75, 3.05) is 20.7 Å². The van der Waals surface area contributed by atoms with Gasteiger partial charge in [0.25, 0.3) is 0 Å². The Hall–Kier alpha value is -3.02. The van der Waals surface area contributed by atoms with Crippen LogP contribution in [0.1, 0.15) is 12.0 Å². The van der Waals surface area contributed by atoms with Crippen LogP contribution >= 0.6 is 0 Å². The van der Waals surface area contributed by atoms with Gasteiger partial charge in [-0.25, -0.2) is 4.98 Å². The molecule has 0 radical (unpaired) electrons. The highest BCUT2D eigenvalue weighted by Crippen LogP contribution is 2.16. The van der Waals surface area contributed by atoms with Crippen molar-refractivity contribution in [3.63, 3.8) is 0 Å². The number of aliphatic imine (C=N–C) groups is 1. The number of aromatic nitrogens is 2. The van der Waals surface area contributed by atoms with Crippen LogP contribution in [0.2, 0.25) is 0 Å². The Kier molecular flexibility index (Phi) is 6.09. The number of aryl methyl sites for hydroxylation is 1. The molecule has 0 saturated heterocycles. The highest BCUT2D eigenvalue weighted by Gasteiger charge is 2.04. The summed E-state index contributed by atoms with van der Waals surface area (Å²) in [4.78, 5) is 8.70. The van der Waals surface area contributed by atoms with Crippen molar-refractivity contribution in [1.82, 2.24) is 20.2 Å². The molecule has 2 N–H and O–H groups in total. The lowest BCUT2D eigenvalue weighted by molar-refractivity contribution is 0.409. The summed E-state index contributed by atoms with van der Waals surface area (Å²) in [6.07, 6.45) is 2.88. The fourth-order valence-corrected chi connectivity index (χ4v) is 2.89. The first kappa shape index (κ1) is 17.8. The molecule has 0 atom stereocenters. The van der Waals surface area contributed by atoms with E-state index in [1.54, 1.807) is 14.2 Å². The first-order valence-corrected chi connectivity index (χ1v) is 8.78. The molecular weight excluding hydrogens is 326 g/mol. The number of nitrogens with one attached hydrogen (secondary N) is 2. The van der Waals surface area contributed by atoms with E-state index in [2.05, 4.69) is 31.2 Å². The Bertz CT molecular complexity index is 871. The topological polar surface area (TPSA) is 63.5 Å². The van der Waals surface area contributed by atoms with Crippen LogP contribution in [0.3, 0.4) is 0 Å². The Morgan fingerprint density at radius 2 is 1.92 bits per heavy atom. The first-order chi connectivity index (χ1) is 12.8. The van der Waals surface area contributed by atoms with Gasteiger partial charge in [0, 0.05) is 32.2 Å². The third-order valence-corrected chi connectivity index (χ3v) is 4.26. The molecule has 0 unspecified atom stereocenters. The number of ether oxygens (including phenoxy) is 1. The minimum absolute atomic E-state index is 0.663. The number of nitrogens with zero attached hydrogens (tertiary/aromatic N) is 3. The molecule has 0 fully saturated rings. The predicted octanol–water partition coefficient (Wildman–Crippen LogP) is 2.80. The van der Waals surface area contributed by atoms with E-state index >= 15 is 0 Å². The molecule has 0 aliphatic rings. The molecular formula is C20H25N5O. The quantitative estimate of drug-likeness (QED) is 0.390. The van der Waals surface area contributed by atoms with Crippen LogP contribution in [0.15, 0.2) is 59.9 Å². The normalized spacial score (nSPS) is 11.5. The van der Waals surface area contributed by atoms with E-state index < -0.39 is 0 Å². The van der Waals surface area contributed by atoms with Crippen LogP contribution in [0.4, 0.5) is 0 Å². The summed E-state index contributed by atoms with van der Waals surface area (Å²) < 4.78 is 7.56. The fourth-order valence-electron chi connectivity index (χ4n) is 2.89. The van der Waals surface area contributed by atoms with Gasteiger partial charge in [-0.2, -0.15) is 0 Å². The van der Waals surface area contributed by atoms with Gasteiger partial charge in [-0.15, -0.1) is 0 Å². The summed E-state index contributed by atoms with van der Waals surface area (Å²) in [5.41, 5.74) is 3.31. The Morgan fingerprint density at radius 3 is 2.77 bits per heavy atom. The number of methoxy groups -OCH3 is 1. The van der Waals surface area contributed by atoms with Crippen molar-refractivity contribution >= 4 is 17.0 Å². The average Bonchev–Trinajstić information content (AvgIpc) is 3.11. The van der Waals surface area contributed by atoms with Crippen LogP contribution in [-0.2, 0) is 13.1 Å². The highest BCUT2D eigenvalue weighted by molar-refractivity contribution is 5.79.